The largest absolute Gasteiger partial charge is 0.477 e. The zero-order valence-electron chi connectivity index (χ0n) is 10.4. The van der Waals surface area contributed by atoms with Crippen molar-refractivity contribution >= 4 is 27.3 Å². The normalized spacial score (nSPS) is 11.7. The molecule has 2 aromatic heterocycles. The first-order valence-corrected chi connectivity index (χ1v) is 7.86. The third-order valence-corrected chi connectivity index (χ3v) is 4.85. The number of nitrogens with one attached hydrogen (secondary N) is 1. The highest BCUT2D eigenvalue weighted by molar-refractivity contribution is 7.89. The second-order valence-electron chi connectivity index (χ2n) is 3.80. The zero-order chi connectivity index (χ0) is 14.8. The molecule has 0 saturated carbocycles. The first kappa shape index (κ1) is 14.6. The first-order chi connectivity index (χ1) is 9.40. The SMILES string of the molecule is Cc1noc(CCNS(=O)(=O)c2ccsc2C(=O)O)n1. The topological polar surface area (TPSA) is 122 Å². The Hall–Kier alpha value is -1.78. The van der Waals surface area contributed by atoms with Gasteiger partial charge in [-0.05, 0) is 18.4 Å². The number of thiophene rings is 1. The van der Waals surface area contributed by atoms with Crippen LogP contribution in [0.1, 0.15) is 21.4 Å². The van der Waals surface area contributed by atoms with Crippen LogP contribution < -0.4 is 4.72 Å². The molecule has 0 bridgehead atoms. The van der Waals surface area contributed by atoms with Gasteiger partial charge in [-0.2, -0.15) is 4.98 Å². The molecule has 0 aliphatic heterocycles. The number of hydrogen-bond donors (Lipinski definition) is 2. The maximum Gasteiger partial charge on any atom is 0.347 e. The molecule has 2 N–H and O–H groups in total. The van der Waals surface area contributed by atoms with Gasteiger partial charge in [0.1, 0.15) is 9.77 Å². The smallest absolute Gasteiger partial charge is 0.347 e. The number of hydrogen-bond acceptors (Lipinski definition) is 7. The summed E-state index contributed by atoms with van der Waals surface area (Å²) in [7, 11) is -3.87. The van der Waals surface area contributed by atoms with E-state index >= 15 is 0 Å². The van der Waals surface area contributed by atoms with Crippen LogP contribution in [-0.4, -0.2) is 36.2 Å². The predicted molar refractivity (Wildman–Crippen MR) is 69.2 cm³/mol. The number of carboxylic acid groups (broad SMARTS) is 1. The number of carbonyl (C=O) groups is 1. The molecule has 2 heterocycles. The number of aromatic nitrogens is 2. The number of rotatable bonds is 6. The van der Waals surface area contributed by atoms with E-state index in [1.165, 1.54) is 11.4 Å². The third kappa shape index (κ3) is 3.21. The standard InChI is InChI=1S/C10H11N3O5S2/c1-6-12-8(18-13-6)2-4-11-20(16,17)7-3-5-19-9(7)10(14)15/h3,5,11H,2,4H2,1H3,(H,14,15). The Morgan fingerprint density at radius 1 is 1.55 bits per heavy atom. The lowest BCUT2D eigenvalue weighted by atomic mass is 10.4. The van der Waals surface area contributed by atoms with E-state index in [1.807, 2.05) is 0 Å². The van der Waals surface area contributed by atoms with Crippen molar-refractivity contribution in [2.75, 3.05) is 6.54 Å². The van der Waals surface area contributed by atoms with Crippen molar-refractivity contribution in [1.29, 1.82) is 0 Å². The molecule has 0 radical (unpaired) electrons. The van der Waals surface area contributed by atoms with Gasteiger partial charge in [0, 0.05) is 13.0 Å². The Balaban J connectivity index is 2.04. The predicted octanol–water partition coefficient (Wildman–Crippen LogP) is 0.659. The average molecular weight is 317 g/mol. The highest BCUT2D eigenvalue weighted by Gasteiger charge is 2.23. The van der Waals surface area contributed by atoms with Crippen LogP contribution >= 0.6 is 11.3 Å². The molecule has 0 aliphatic carbocycles. The monoisotopic (exact) mass is 317 g/mol. The van der Waals surface area contributed by atoms with Crippen LogP contribution in [0.25, 0.3) is 0 Å². The van der Waals surface area contributed by atoms with Crippen LogP contribution in [0.4, 0.5) is 0 Å². The average Bonchev–Trinajstić information content (AvgIpc) is 2.97. The van der Waals surface area contributed by atoms with Crippen LogP contribution in [0, 0.1) is 6.92 Å². The summed E-state index contributed by atoms with van der Waals surface area (Å²) in [6.07, 6.45) is 0.229. The van der Waals surface area contributed by atoms with Gasteiger partial charge in [-0.1, -0.05) is 5.16 Å². The van der Waals surface area contributed by atoms with E-state index in [0.29, 0.717) is 11.7 Å². The molecule has 2 aromatic rings. The molecule has 0 unspecified atom stereocenters. The van der Waals surface area contributed by atoms with E-state index < -0.39 is 16.0 Å². The van der Waals surface area contributed by atoms with Gasteiger partial charge in [0.25, 0.3) is 0 Å². The Morgan fingerprint density at radius 3 is 2.90 bits per heavy atom. The summed E-state index contributed by atoms with van der Waals surface area (Å²) in [6.45, 7) is 1.69. The number of carboxylic acids is 1. The number of nitrogens with zero attached hydrogens (tertiary/aromatic N) is 2. The Labute approximate surface area is 118 Å². The van der Waals surface area contributed by atoms with Crippen molar-refractivity contribution in [3.63, 3.8) is 0 Å². The molecular weight excluding hydrogens is 306 g/mol. The first-order valence-electron chi connectivity index (χ1n) is 5.50. The van der Waals surface area contributed by atoms with Crippen molar-refractivity contribution in [3.05, 3.63) is 28.0 Å². The Bertz CT molecular complexity index is 719. The fourth-order valence-corrected chi connectivity index (χ4v) is 3.77. The van der Waals surface area contributed by atoms with Crippen molar-refractivity contribution < 1.29 is 22.8 Å². The molecule has 0 atom stereocenters. The number of aryl methyl sites for hydroxylation is 1. The van der Waals surface area contributed by atoms with E-state index in [9.17, 15) is 13.2 Å². The minimum absolute atomic E-state index is 0.0405. The second-order valence-corrected chi connectivity index (χ2v) is 6.45. The van der Waals surface area contributed by atoms with Crippen LogP contribution in [-0.2, 0) is 16.4 Å². The van der Waals surface area contributed by atoms with Gasteiger partial charge in [0.05, 0.1) is 0 Å². The molecule has 0 aromatic carbocycles. The minimum Gasteiger partial charge on any atom is -0.477 e. The summed E-state index contributed by atoms with van der Waals surface area (Å²) in [4.78, 5) is 14.4. The molecule has 0 aliphatic rings. The summed E-state index contributed by atoms with van der Waals surface area (Å²) in [5, 5.41) is 13.9. The van der Waals surface area contributed by atoms with Crippen LogP contribution in [0.15, 0.2) is 20.9 Å². The summed E-state index contributed by atoms with van der Waals surface area (Å²) in [5.41, 5.74) is 0. The van der Waals surface area contributed by atoms with Gasteiger partial charge in [-0.15, -0.1) is 11.3 Å². The van der Waals surface area contributed by atoms with E-state index in [1.54, 1.807) is 6.92 Å². The lowest BCUT2D eigenvalue weighted by Crippen LogP contribution is -2.27. The maximum atomic E-state index is 12.0. The lowest BCUT2D eigenvalue weighted by Gasteiger charge is -2.04. The molecule has 8 nitrogen and oxygen atoms in total. The van der Waals surface area contributed by atoms with E-state index in [0.717, 1.165) is 11.3 Å². The molecule has 0 saturated heterocycles. The molecule has 0 amide bonds. The van der Waals surface area contributed by atoms with Gasteiger partial charge >= 0.3 is 5.97 Å². The minimum atomic E-state index is -3.87. The summed E-state index contributed by atoms with van der Waals surface area (Å²) in [6, 6.07) is 1.26. The van der Waals surface area contributed by atoms with Crippen molar-refractivity contribution in [2.45, 2.75) is 18.2 Å². The van der Waals surface area contributed by atoms with Crippen molar-refractivity contribution in [3.8, 4) is 0 Å². The number of aromatic carboxylic acids is 1. The summed E-state index contributed by atoms with van der Waals surface area (Å²) in [5.74, 6) is -0.490. The van der Waals surface area contributed by atoms with Crippen LogP contribution in [0.5, 0.6) is 0 Å². The third-order valence-electron chi connectivity index (χ3n) is 2.31. The van der Waals surface area contributed by atoms with E-state index in [2.05, 4.69) is 14.9 Å². The van der Waals surface area contributed by atoms with Crippen molar-refractivity contribution in [1.82, 2.24) is 14.9 Å². The van der Waals surface area contributed by atoms with Gasteiger partial charge in [0.15, 0.2) is 5.82 Å². The van der Waals surface area contributed by atoms with Gasteiger partial charge < -0.3 is 9.63 Å². The highest BCUT2D eigenvalue weighted by Crippen LogP contribution is 2.21. The Morgan fingerprint density at radius 2 is 2.30 bits per heavy atom. The molecule has 2 rings (SSSR count). The fraction of sp³-hybridized carbons (Fsp3) is 0.300. The summed E-state index contributed by atoms with van der Waals surface area (Å²) >= 11 is 0.858. The quantitative estimate of drug-likeness (QED) is 0.802. The van der Waals surface area contributed by atoms with Gasteiger partial charge in [-0.25, -0.2) is 17.9 Å². The molecular formula is C10H11N3O5S2. The zero-order valence-corrected chi connectivity index (χ0v) is 12.0. The van der Waals surface area contributed by atoms with Crippen LogP contribution in [0.2, 0.25) is 0 Å². The second kappa shape index (κ2) is 5.69. The molecule has 108 valence electrons. The molecule has 0 fully saturated rings. The lowest BCUT2D eigenvalue weighted by molar-refractivity contribution is 0.0698. The van der Waals surface area contributed by atoms with Gasteiger partial charge in [0.2, 0.25) is 15.9 Å². The fourth-order valence-electron chi connectivity index (χ4n) is 1.48. The Kier molecular flexibility index (Phi) is 4.16. The molecule has 0 spiro atoms. The van der Waals surface area contributed by atoms with Crippen LogP contribution in [0.3, 0.4) is 0 Å². The van der Waals surface area contributed by atoms with Gasteiger partial charge in [-0.3, -0.25) is 0 Å². The highest BCUT2D eigenvalue weighted by atomic mass is 32.2. The molecule has 20 heavy (non-hydrogen) atoms. The van der Waals surface area contributed by atoms with E-state index in [4.69, 9.17) is 9.63 Å². The van der Waals surface area contributed by atoms with Crippen molar-refractivity contribution in [2.24, 2.45) is 0 Å². The maximum absolute atomic E-state index is 12.0. The number of sulfonamides is 1. The summed E-state index contributed by atoms with van der Waals surface area (Å²) < 4.78 is 31.1. The molecule has 10 heteroatoms. The van der Waals surface area contributed by atoms with E-state index in [-0.39, 0.29) is 22.7 Å².